The summed E-state index contributed by atoms with van der Waals surface area (Å²) < 4.78 is 20.7. The van der Waals surface area contributed by atoms with Gasteiger partial charge in [-0.15, -0.1) is 0 Å². The Hall–Kier alpha value is -1.34. The molecule has 0 aliphatic rings. The van der Waals surface area contributed by atoms with E-state index in [1.807, 2.05) is 0 Å². The molecule has 1 heterocycles. The van der Waals surface area contributed by atoms with Crippen LogP contribution in [0.3, 0.4) is 0 Å². The van der Waals surface area contributed by atoms with Crippen LogP contribution in [0.1, 0.15) is 0 Å². The Labute approximate surface area is 69.7 Å². The molecule has 1 unspecified atom stereocenters. The van der Waals surface area contributed by atoms with E-state index in [9.17, 15) is 18.9 Å². The molecule has 1 rings (SSSR count). The number of hydrogen-bond donors (Lipinski definition) is 0. The molecule has 0 fully saturated rings. The van der Waals surface area contributed by atoms with E-state index in [0.717, 1.165) is 6.07 Å². The van der Waals surface area contributed by atoms with E-state index >= 15 is 0 Å². The molecule has 7 heteroatoms. The summed E-state index contributed by atoms with van der Waals surface area (Å²) in [4.78, 5) is 12.8. The molecule has 0 radical (unpaired) electrons. The van der Waals surface area contributed by atoms with Crippen LogP contribution < -0.4 is 0 Å². The summed E-state index contributed by atoms with van der Waals surface area (Å²) in [6.45, 7) is 0. The quantitative estimate of drug-likeness (QED) is 0.375. The van der Waals surface area contributed by atoms with E-state index in [-0.39, 0.29) is 0 Å². The lowest BCUT2D eigenvalue weighted by Crippen LogP contribution is -1.99. The molecular formula is C5H3N2O4S-. The van der Waals surface area contributed by atoms with Crippen molar-refractivity contribution in [3.8, 4) is 0 Å². The zero-order chi connectivity index (χ0) is 9.14. The zero-order valence-corrected chi connectivity index (χ0v) is 6.48. The van der Waals surface area contributed by atoms with Gasteiger partial charge in [0.2, 0.25) is 0 Å². The molecule has 1 atom stereocenters. The highest BCUT2D eigenvalue weighted by molar-refractivity contribution is 7.79. The highest BCUT2D eigenvalue weighted by atomic mass is 32.2. The molecule has 0 spiro atoms. The summed E-state index contributed by atoms with van der Waals surface area (Å²) in [6, 6.07) is 2.38. The monoisotopic (exact) mass is 187 g/mol. The van der Waals surface area contributed by atoms with Gasteiger partial charge in [0.1, 0.15) is 0 Å². The molecule has 0 aliphatic carbocycles. The summed E-state index contributed by atoms with van der Waals surface area (Å²) in [5.41, 5.74) is -0.508. The van der Waals surface area contributed by atoms with Gasteiger partial charge in [-0.25, -0.2) is 4.98 Å². The molecular weight excluding hydrogens is 184 g/mol. The molecule has 0 bridgehead atoms. The second-order valence-corrected chi connectivity index (χ2v) is 2.68. The molecule has 0 saturated carbocycles. The lowest BCUT2D eigenvalue weighted by atomic mass is 10.4. The predicted molar refractivity (Wildman–Crippen MR) is 38.1 cm³/mol. The molecule has 6 nitrogen and oxygen atoms in total. The maximum atomic E-state index is 10.4. The van der Waals surface area contributed by atoms with E-state index in [1.165, 1.54) is 12.3 Å². The van der Waals surface area contributed by atoms with Gasteiger partial charge >= 0.3 is 5.69 Å². The minimum absolute atomic E-state index is 0.508. The van der Waals surface area contributed by atoms with Crippen LogP contribution >= 0.6 is 0 Å². The van der Waals surface area contributed by atoms with Crippen molar-refractivity contribution in [2.24, 2.45) is 0 Å². The Bertz CT molecular complexity index is 307. The van der Waals surface area contributed by atoms with E-state index < -0.39 is 26.7 Å². The summed E-state index contributed by atoms with van der Waals surface area (Å²) in [5.74, 6) is 0. The summed E-state index contributed by atoms with van der Waals surface area (Å²) in [6.07, 6.45) is 1.18. The van der Waals surface area contributed by atoms with Gasteiger partial charge in [0, 0.05) is 23.3 Å². The van der Waals surface area contributed by atoms with E-state index in [1.54, 1.807) is 0 Å². The van der Waals surface area contributed by atoms with Crippen molar-refractivity contribution in [3.63, 3.8) is 0 Å². The first kappa shape index (κ1) is 8.75. The lowest BCUT2D eigenvalue weighted by molar-refractivity contribution is -0.388. The highest BCUT2D eigenvalue weighted by Gasteiger charge is 2.13. The molecule has 0 saturated heterocycles. The molecule has 1 aromatic heterocycles. The Kier molecular flexibility index (Phi) is 2.46. The number of rotatable bonds is 2. The number of hydrogen-bond acceptors (Lipinski definition) is 5. The molecule has 0 aliphatic heterocycles. The second kappa shape index (κ2) is 3.37. The van der Waals surface area contributed by atoms with Crippen LogP contribution in [0, 0.1) is 10.1 Å². The van der Waals surface area contributed by atoms with E-state index in [0.29, 0.717) is 0 Å². The average molecular weight is 187 g/mol. The third-order valence-corrected chi connectivity index (χ3v) is 1.74. The van der Waals surface area contributed by atoms with Crippen molar-refractivity contribution in [1.82, 2.24) is 4.98 Å². The van der Waals surface area contributed by atoms with Gasteiger partial charge in [-0.05, 0) is 6.07 Å². The first-order chi connectivity index (χ1) is 5.63. The first-order valence-electron chi connectivity index (χ1n) is 2.81. The predicted octanol–water partition coefficient (Wildman–Crippen LogP) is 0.228. The largest absolute Gasteiger partial charge is 0.767 e. The molecule has 0 amide bonds. The van der Waals surface area contributed by atoms with Crippen LogP contribution in [-0.2, 0) is 11.1 Å². The number of nitro groups is 1. The van der Waals surface area contributed by atoms with Gasteiger partial charge in [-0.2, -0.15) is 0 Å². The van der Waals surface area contributed by atoms with Crippen LogP contribution in [-0.4, -0.2) is 18.7 Å². The Morgan fingerprint density at radius 1 is 1.58 bits per heavy atom. The van der Waals surface area contributed by atoms with Crippen LogP contribution in [0.25, 0.3) is 0 Å². The smallest absolute Gasteiger partial charge is 0.302 e. The fourth-order valence-electron chi connectivity index (χ4n) is 0.650. The molecule has 12 heavy (non-hydrogen) atoms. The maximum absolute atomic E-state index is 10.4. The minimum atomic E-state index is -2.66. The fraction of sp³-hybridized carbons (Fsp3) is 0. The van der Waals surface area contributed by atoms with Crippen LogP contribution in [0.2, 0.25) is 0 Å². The average Bonchev–Trinajstić information content (AvgIpc) is 2.04. The van der Waals surface area contributed by atoms with Crippen LogP contribution in [0.5, 0.6) is 0 Å². The fourth-order valence-corrected chi connectivity index (χ4v) is 1.11. The van der Waals surface area contributed by atoms with Crippen molar-refractivity contribution in [1.29, 1.82) is 0 Å². The van der Waals surface area contributed by atoms with Crippen LogP contribution in [0.4, 0.5) is 5.69 Å². The van der Waals surface area contributed by atoms with Crippen molar-refractivity contribution in [2.75, 3.05) is 0 Å². The first-order valence-corrected chi connectivity index (χ1v) is 3.89. The van der Waals surface area contributed by atoms with Crippen molar-refractivity contribution in [2.45, 2.75) is 5.03 Å². The van der Waals surface area contributed by atoms with Gasteiger partial charge in [-0.1, -0.05) is 0 Å². The normalized spacial score (nSPS) is 12.4. The van der Waals surface area contributed by atoms with Gasteiger partial charge in [0.25, 0.3) is 0 Å². The Balaban J connectivity index is 3.27. The van der Waals surface area contributed by atoms with Gasteiger partial charge in [-0.3, -0.25) is 14.3 Å². The van der Waals surface area contributed by atoms with Crippen LogP contribution in [0.15, 0.2) is 23.4 Å². The second-order valence-electron chi connectivity index (χ2n) is 1.82. The highest BCUT2D eigenvalue weighted by Crippen LogP contribution is 2.16. The number of pyridine rings is 1. The summed E-state index contributed by atoms with van der Waals surface area (Å²) in [7, 11) is 0. The maximum Gasteiger partial charge on any atom is 0.302 e. The number of nitrogens with zero attached hydrogens (tertiary/aromatic N) is 2. The summed E-state index contributed by atoms with van der Waals surface area (Å²) >= 11 is -2.66. The third-order valence-electron chi connectivity index (χ3n) is 1.11. The standard InChI is InChI=1S/C5H4N2O4S/c8-7(9)4-2-1-3-6-5(4)12(10)11/h1-3H,(H,10,11)/p-1. The van der Waals surface area contributed by atoms with Crippen molar-refractivity contribution < 1.29 is 13.7 Å². The third kappa shape index (κ3) is 1.63. The Morgan fingerprint density at radius 3 is 2.67 bits per heavy atom. The topological polar surface area (TPSA) is 96.2 Å². The van der Waals surface area contributed by atoms with Crippen molar-refractivity contribution in [3.05, 3.63) is 28.4 Å². The van der Waals surface area contributed by atoms with Crippen molar-refractivity contribution >= 4 is 16.8 Å². The van der Waals surface area contributed by atoms with Gasteiger partial charge in [0.05, 0.1) is 4.92 Å². The number of aromatic nitrogens is 1. The SMILES string of the molecule is O=[N+]([O-])c1cccnc1S(=O)[O-]. The molecule has 0 N–H and O–H groups in total. The van der Waals surface area contributed by atoms with Gasteiger partial charge < -0.3 is 4.55 Å². The minimum Gasteiger partial charge on any atom is -0.767 e. The van der Waals surface area contributed by atoms with Gasteiger partial charge in [0.15, 0.2) is 5.03 Å². The van der Waals surface area contributed by atoms with E-state index in [4.69, 9.17) is 0 Å². The molecule has 0 aromatic carbocycles. The molecule has 64 valence electrons. The Morgan fingerprint density at radius 2 is 2.25 bits per heavy atom. The molecule has 1 aromatic rings. The lowest BCUT2D eigenvalue weighted by Gasteiger charge is -2.02. The van der Waals surface area contributed by atoms with E-state index in [2.05, 4.69) is 4.98 Å². The zero-order valence-electron chi connectivity index (χ0n) is 5.67. The summed E-state index contributed by atoms with van der Waals surface area (Å²) in [5, 5.41) is 9.68.